The SMILES string of the molecule is COC(=O)[C@@H]1Cc2ccccc2C[NH+]1Cc1nc(N)nc(Nc2ccccc2C)n1. The van der Waals surface area contributed by atoms with Crippen molar-refractivity contribution in [3.05, 3.63) is 71.0 Å². The molecular weight excluding hydrogens is 380 g/mol. The number of carbonyl (C=O) groups is 1. The third-order valence-electron chi connectivity index (χ3n) is 5.41. The Kier molecular flexibility index (Phi) is 5.58. The van der Waals surface area contributed by atoms with E-state index in [1.54, 1.807) is 0 Å². The number of para-hydroxylation sites is 1. The van der Waals surface area contributed by atoms with Crippen LogP contribution >= 0.6 is 0 Å². The molecule has 2 atom stereocenters. The van der Waals surface area contributed by atoms with Crippen molar-refractivity contribution in [2.75, 3.05) is 18.2 Å². The van der Waals surface area contributed by atoms with E-state index >= 15 is 0 Å². The lowest BCUT2D eigenvalue weighted by Crippen LogP contribution is -3.15. The number of nitrogens with zero attached hydrogens (tertiary/aromatic N) is 3. The number of rotatable bonds is 5. The van der Waals surface area contributed by atoms with Gasteiger partial charge in [0.15, 0.2) is 11.9 Å². The number of hydrogen-bond donors (Lipinski definition) is 3. The molecule has 8 heteroatoms. The largest absolute Gasteiger partial charge is 0.465 e. The molecule has 0 aliphatic carbocycles. The van der Waals surface area contributed by atoms with E-state index in [0.29, 0.717) is 31.3 Å². The van der Waals surface area contributed by atoms with Gasteiger partial charge in [-0.25, -0.2) is 4.79 Å². The smallest absolute Gasteiger partial charge is 0.365 e. The van der Waals surface area contributed by atoms with Gasteiger partial charge in [-0.2, -0.15) is 15.0 Å². The van der Waals surface area contributed by atoms with Gasteiger partial charge in [0.05, 0.1) is 7.11 Å². The number of fused-ring (bicyclic) bond motifs is 1. The van der Waals surface area contributed by atoms with Gasteiger partial charge in [0.2, 0.25) is 11.9 Å². The second-order valence-corrected chi connectivity index (χ2v) is 7.43. The van der Waals surface area contributed by atoms with Gasteiger partial charge in [-0.15, -0.1) is 0 Å². The van der Waals surface area contributed by atoms with Gasteiger partial charge in [-0.1, -0.05) is 42.5 Å². The van der Waals surface area contributed by atoms with Crippen molar-refractivity contribution in [3.63, 3.8) is 0 Å². The first kappa shape index (κ1) is 19.8. The van der Waals surface area contributed by atoms with Crippen LogP contribution in [0.5, 0.6) is 0 Å². The molecule has 154 valence electrons. The summed E-state index contributed by atoms with van der Waals surface area (Å²) in [6.45, 7) is 3.12. The van der Waals surface area contributed by atoms with Gasteiger partial charge in [-0.05, 0) is 24.1 Å². The molecule has 3 aromatic rings. The summed E-state index contributed by atoms with van der Waals surface area (Å²) >= 11 is 0. The molecule has 1 aromatic heterocycles. The number of hydrogen-bond acceptors (Lipinski definition) is 7. The van der Waals surface area contributed by atoms with Crippen LogP contribution in [0.25, 0.3) is 0 Å². The lowest BCUT2D eigenvalue weighted by atomic mass is 9.94. The summed E-state index contributed by atoms with van der Waals surface area (Å²) in [6.07, 6.45) is 0.618. The van der Waals surface area contributed by atoms with Gasteiger partial charge in [0, 0.05) is 17.7 Å². The summed E-state index contributed by atoms with van der Waals surface area (Å²) in [4.78, 5) is 26.6. The van der Waals surface area contributed by atoms with Crippen LogP contribution in [0, 0.1) is 6.92 Å². The van der Waals surface area contributed by atoms with E-state index in [-0.39, 0.29) is 18.0 Å². The molecule has 4 rings (SSSR count). The van der Waals surface area contributed by atoms with E-state index in [1.807, 2.05) is 43.3 Å². The second-order valence-electron chi connectivity index (χ2n) is 7.43. The molecular formula is C22H25N6O2+. The van der Waals surface area contributed by atoms with E-state index in [4.69, 9.17) is 10.5 Å². The molecule has 2 aromatic carbocycles. The quantitative estimate of drug-likeness (QED) is 0.547. The summed E-state index contributed by atoms with van der Waals surface area (Å²) in [7, 11) is 1.42. The van der Waals surface area contributed by atoms with Crippen LogP contribution in [0.3, 0.4) is 0 Å². The maximum atomic E-state index is 12.5. The molecule has 4 N–H and O–H groups in total. The molecule has 1 aliphatic rings. The van der Waals surface area contributed by atoms with Gasteiger partial charge < -0.3 is 20.7 Å². The number of nitrogens with one attached hydrogen (secondary N) is 2. The summed E-state index contributed by atoms with van der Waals surface area (Å²) in [5, 5.41) is 3.21. The third-order valence-corrected chi connectivity index (χ3v) is 5.41. The van der Waals surface area contributed by atoms with E-state index in [1.165, 1.54) is 18.2 Å². The van der Waals surface area contributed by atoms with Crippen LogP contribution in [-0.4, -0.2) is 34.1 Å². The third kappa shape index (κ3) is 4.23. The fraction of sp³-hybridized carbons (Fsp3) is 0.273. The number of quaternary nitrogens is 1. The lowest BCUT2D eigenvalue weighted by molar-refractivity contribution is -0.946. The molecule has 0 radical (unpaired) electrons. The zero-order chi connectivity index (χ0) is 21.1. The standard InChI is InChI=1S/C22H24N6O2/c1-14-7-3-6-10-17(14)24-22-26-19(25-21(23)27-22)13-28-12-16-9-5-4-8-15(16)11-18(28)20(29)30-2/h3-10,18H,11-13H2,1-2H3,(H3,23,24,25,26,27)/p+1/t18-/m0/s1. The fourth-order valence-electron chi connectivity index (χ4n) is 3.85. The highest BCUT2D eigenvalue weighted by molar-refractivity contribution is 5.74. The predicted octanol–water partition coefficient (Wildman–Crippen LogP) is 1.19. The minimum absolute atomic E-state index is 0.141. The van der Waals surface area contributed by atoms with Crippen molar-refractivity contribution in [3.8, 4) is 0 Å². The molecule has 0 bridgehead atoms. The van der Waals surface area contributed by atoms with Crippen LogP contribution in [0.15, 0.2) is 48.5 Å². The van der Waals surface area contributed by atoms with Crippen molar-refractivity contribution in [1.29, 1.82) is 0 Å². The van der Waals surface area contributed by atoms with Crippen molar-refractivity contribution in [1.82, 2.24) is 15.0 Å². The van der Waals surface area contributed by atoms with Gasteiger partial charge >= 0.3 is 5.97 Å². The van der Waals surface area contributed by atoms with Crippen LogP contribution in [0.4, 0.5) is 17.6 Å². The summed E-state index contributed by atoms with van der Waals surface area (Å²) in [5.41, 5.74) is 10.3. The number of nitrogen functional groups attached to an aromatic ring is 1. The first-order valence-electron chi connectivity index (χ1n) is 9.85. The van der Waals surface area contributed by atoms with Crippen molar-refractivity contribution in [2.45, 2.75) is 32.5 Å². The van der Waals surface area contributed by atoms with Crippen LogP contribution < -0.4 is 16.0 Å². The normalized spacial score (nSPS) is 17.8. The molecule has 0 fully saturated rings. The Hall–Kier alpha value is -3.52. The minimum Gasteiger partial charge on any atom is -0.465 e. The number of aryl methyl sites for hydroxylation is 1. The van der Waals surface area contributed by atoms with E-state index in [2.05, 4.69) is 32.4 Å². The average molecular weight is 405 g/mol. The molecule has 0 amide bonds. The Labute approximate surface area is 175 Å². The highest BCUT2D eigenvalue weighted by Crippen LogP contribution is 2.18. The molecule has 2 heterocycles. The molecule has 8 nitrogen and oxygen atoms in total. The van der Waals surface area contributed by atoms with E-state index < -0.39 is 0 Å². The lowest BCUT2D eigenvalue weighted by Gasteiger charge is -2.31. The predicted molar refractivity (Wildman–Crippen MR) is 113 cm³/mol. The first-order chi connectivity index (χ1) is 14.5. The van der Waals surface area contributed by atoms with Crippen LogP contribution in [0.2, 0.25) is 0 Å². The first-order valence-corrected chi connectivity index (χ1v) is 9.85. The average Bonchev–Trinajstić information content (AvgIpc) is 2.74. The highest BCUT2D eigenvalue weighted by atomic mass is 16.5. The van der Waals surface area contributed by atoms with Crippen LogP contribution in [-0.2, 0) is 29.0 Å². The zero-order valence-corrected chi connectivity index (χ0v) is 17.1. The van der Waals surface area contributed by atoms with Gasteiger partial charge in [-0.3, -0.25) is 0 Å². The zero-order valence-electron chi connectivity index (χ0n) is 17.1. The molecule has 0 saturated carbocycles. The van der Waals surface area contributed by atoms with Gasteiger partial charge in [0.1, 0.15) is 13.1 Å². The van der Waals surface area contributed by atoms with E-state index in [9.17, 15) is 4.79 Å². The number of ether oxygens (including phenoxy) is 1. The van der Waals surface area contributed by atoms with Crippen molar-refractivity contribution in [2.24, 2.45) is 0 Å². The number of anilines is 3. The highest BCUT2D eigenvalue weighted by Gasteiger charge is 2.36. The number of methoxy groups -OCH3 is 1. The molecule has 1 unspecified atom stereocenters. The van der Waals surface area contributed by atoms with Crippen molar-refractivity contribution >= 4 is 23.6 Å². The Morgan fingerprint density at radius 2 is 1.87 bits per heavy atom. The number of esters is 1. The molecule has 0 saturated heterocycles. The number of carbonyl (C=O) groups excluding carboxylic acids is 1. The molecule has 0 spiro atoms. The summed E-state index contributed by atoms with van der Waals surface area (Å²) < 4.78 is 5.06. The topological polar surface area (TPSA) is 107 Å². The number of nitrogens with two attached hydrogens (primary N) is 1. The summed E-state index contributed by atoms with van der Waals surface area (Å²) in [5.74, 6) is 0.822. The molecule has 1 aliphatic heterocycles. The second kappa shape index (κ2) is 8.46. The fourth-order valence-corrected chi connectivity index (χ4v) is 3.85. The Bertz CT molecular complexity index is 1070. The monoisotopic (exact) mass is 405 g/mol. The van der Waals surface area contributed by atoms with Gasteiger partial charge in [0.25, 0.3) is 0 Å². The van der Waals surface area contributed by atoms with Crippen LogP contribution in [0.1, 0.15) is 22.5 Å². The maximum Gasteiger partial charge on any atom is 0.365 e. The Morgan fingerprint density at radius 1 is 1.13 bits per heavy atom. The van der Waals surface area contributed by atoms with E-state index in [0.717, 1.165) is 16.2 Å². The number of aromatic nitrogens is 3. The molecule has 30 heavy (non-hydrogen) atoms. The summed E-state index contributed by atoms with van der Waals surface area (Å²) in [6, 6.07) is 15.7. The Balaban J connectivity index is 1.60. The maximum absolute atomic E-state index is 12.5. The minimum atomic E-state index is -0.323. The number of benzene rings is 2. The Morgan fingerprint density at radius 3 is 2.63 bits per heavy atom. The van der Waals surface area contributed by atoms with Crippen molar-refractivity contribution < 1.29 is 14.4 Å².